The number of urea groups is 1. The first-order valence-electron chi connectivity index (χ1n) is 9.04. The maximum absolute atomic E-state index is 13.2. The summed E-state index contributed by atoms with van der Waals surface area (Å²) in [6.45, 7) is 3.63. The molecule has 1 saturated heterocycles. The molecule has 1 aromatic heterocycles. The van der Waals surface area contributed by atoms with Crippen LogP contribution in [-0.4, -0.2) is 32.3 Å². The maximum atomic E-state index is 13.2. The van der Waals surface area contributed by atoms with Crippen LogP contribution in [0.1, 0.15) is 19.4 Å². The van der Waals surface area contributed by atoms with Crippen LogP contribution in [0.3, 0.4) is 0 Å². The van der Waals surface area contributed by atoms with Crippen molar-refractivity contribution in [3.63, 3.8) is 0 Å². The van der Waals surface area contributed by atoms with Crippen LogP contribution in [0.5, 0.6) is 0 Å². The molecule has 0 spiro atoms. The van der Waals surface area contributed by atoms with E-state index < -0.39 is 16.5 Å². The highest BCUT2D eigenvalue weighted by Crippen LogP contribution is 2.34. The number of aromatic nitrogens is 1. The van der Waals surface area contributed by atoms with Crippen molar-refractivity contribution >= 4 is 34.2 Å². The van der Waals surface area contributed by atoms with Crippen molar-refractivity contribution in [3.8, 4) is 0 Å². The van der Waals surface area contributed by atoms with Gasteiger partial charge in [-0.2, -0.15) is 0 Å². The summed E-state index contributed by atoms with van der Waals surface area (Å²) in [5.41, 5.74) is 0.833. The number of carbonyl (C=O) groups is 2. The fourth-order valence-electron chi connectivity index (χ4n) is 3.52. The predicted octanol–water partition coefficient (Wildman–Crippen LogP) is 3.89. The Labute approximate surface area is 166 Å². The Hall–Kier alpha value is -3.81. The van der Waals surface area contributed by atoms with Crippen LogP contribution in [0.25, 0.3) is 10.9 Å². The number of hydrogen-bond donors (Lipinski definition) is 0. The summed E-state index contributed by atoms with van der Waals surface area (Å²) >= 11 is 0. The summed E-state index contributed by atoms with van der Waals surface area (Å²) in [7, 11) is 0. The minimum atomic E-state index is -1.07. The molecular formula is C21H18N4O4. The minimum absolute atomic E-state index is 0.104. The molecule has 8 heteroatoms. The molecule has 3 aromatic rings. The number of amides is 3. The van der Waals surface area contributed by atoms with Gasteiger partial charge in [-0.25, -0.2) is 9.69 Å². The monoisotopic (exact) mass is 390 g/mol. The lowest BCUT2D eigenvalue weighted by molar-refractivity contribution is -0.384. The van der Waals surface area contributed by atoms with Crippen molar-refractivity contribution in [2.75, 3.05) is 4.90 Å². The van der Waals surface area contributed by atoms with Crippen LogP contribution in [0.15, 0.2) is 60.8 Å². The van der Waals surface area contributed by atoms with E-state index in [0.717, 1.165) is 21.4 Å². The lowest BCUT2D eigenvalue weighted by Gasteiger charge is -2.28. The first-order valence-corrected chi connectivity index (χ1v) is 9.04. The van der Waals surface area contributed by atoms with E-state index in [0.29, 0.717) is 5.69 Å². The molecule has 29 heavy (non-hydrogen) atoms. The van der Waals surface area contributed by atoms with Crippen LogP contribution in [0, 0.1) is 10.1 Å². The van der Waals surface area contributed by atoms with Gasteiger partial charge in [0.05, 0.1) is 16.1 Å². The van der Waals surface area contributed by atoms with Crippen molar-refractivity contribution in [2.45, 2.75) is 25.9 Å². The molecule has 8 nitrogen and oxygen atoms in total. The van der Waals surface area contributed by atoms with Crippen molar-refractivity contribution in [3.05, 3.63) is 76.5 Å². The summed E-state index contributed by atoms with van der Waals surface area (Å²) in [4.78, 5) is 43.5. The van der Waals surface area contributed by atoms with Crippen LogP contribution in [0.2, 0.25) is 0 Å². The van der Waals surface area contributed by atoms with E-state index >= 15 is 0 Å². The molecular weight excluding hydrogens is 372 g/mol. The number of nitrogens with zero attached hydrogens (tertiary/aromatic N) is 4. The molecule has 0 aliphatic carbocycles. The highest BCUT2D eigenvalue weighted by Gasteiger charge is 2.51. The molecule has 0 radical (unpaired) electrons. The number of rotatable bonds is 4. The van der Waals surface area contributed by atoms with Crippen molar-refractivity contribution in [2.24, 2.45) is 0 Å². The van der Waals surface area contributed by atoms with Crippen molar-refractivity contribution < 1.29 is 14.5 Å². The zero-order valence-electron chi connectivity index (χ0n) is 15.9. The van der Waals surface area contributed by atoms with Gasteiger partial charge in [-0.15, -0.1) is 0 Å². The smallest absolute Gasteiger partial charge is 0.305 e. The normalized spacial score (nSPS) is 15.9. The van der Waals surface area contributed by atoms with Gasteiger partial charge in [-0.1, -0.05) is 18.2 Å². The van der Waals surface area contributed by atoms with E-state index in [9.17, 15) is 19.7 Å². The topological polar surface area (TPSA) is 96.7 Å². The van der Waals surface area contributed by atoms with Gasteiger partial charge in [0.15, 0.2) is 0 Å². The number of hydrogen-bond acceptors (Lipinski definition) is 5. The number of imide groups is 1. The Kier molecular flexibility index (Phi) is 4.26. The quantitative estimate of drug-likeness (QED) is 0.382. The molecule has 0 N–H and O–H groups in total. The van der Waals surface area contributed by atoms with Crippen molar-refractivity contribution in [1.29, 1.82) is 0 Å². The molecule has 2 aromatic carbocycles. The van der Waals surface area contributed by atoms with Gasteiger partial charge in [-0.3, -0.25) is 19.9 Å². The molecule has 1 aliphatic rings. The number of anilines is 1. The summed E-state index contributed by atoms with van der Waals surface area (Å²) < 4.78 is 0. The molecule has 0 bridgehead atoms. The second kappa shape index (κ2) is 6.66. The molecule has 146 valence electrons. The predicted molar refractivity (Wildman–Crippen MR) is 107 cm³/mol. The zero-order chi connectivity index (χ0) is 20.8. The summed E-state index contributed by atoms with van der Waals surface area (Å²) in [6, 6.07) is 14.4. The standard InChI is InChI=1S/C21H18N4O4/c1-21(2)19(26)24(15-7-9-16(10-8-15)25(28)29)20(27)23(21)13-14-11-12-22-18-6-4-3-5-17(14)18/h3-12H,13H2,1-2H3. The zero-order valence-corrected chi connectivity index (χ0v) is 15.9. The van der Waals surface area contributed by atoms with E-state index in [2.05, 4.69) is 4.98 Å². The Balaban J connectivity index is 1.70. The van der Waals surface area contributed by atoms with Crippen LogP contribution in [0.4, 0.5) is 16.2 Å². The van der Waals surface area contributed by atoms with E-state index in [-0.39, 0.29) is 18.1 Å². The number of carbonyl (C=O) groups excluding carboxylic acids is 2. The average Bonchev–Trinajstić information content (AvgIpc) is 2.88. The fourth-order valence-corrected chi connectivity index (χ4v) is 3.52. The summed E-state index contributed by atoms with van der Waals surface area (Å²) in [6.07, 6.45) is 1.68. The molecule has 1 aliphatic heterocycles. The van der Waals surface area contributed by atoms with Crippen LogP contribution in [-0.2, 0) is 11.3 Å². The Morgan fingerprint density at radius 3 is 2.41 bits per heavy atom. The highest BCUT2D eigenvalue weighted by atomic mass is 16.6. The summed E-state index contributed by atoms with van der Waals surface area (Å²) in [5, 5.41) is 11.8. The Morgan fingerprint density at radius 1 is 1.03 bits per heavy atom. The average molecular weight is 390 g/mol. The molecule has 3 amide bonds. The van der Waals surface area contributed by atoms with Gasteiger partial charge in [0, 0.05) is 30.3 Å². The van der Waals surface area contributed by atoms with E-state index in [1.54, 1.807) is 20.0 Å². The number of nitro groups is 1. The summed E-state index contributed by atoms with van der Waals surface area (Å²) in [5.74, 6) is -0.380. The van der Waals surface area contributed by atoms with Gasteiger partial charge in [0.2, 0.25) is 0 Å². The number of benzene rings is 2. The lowest BCUT2D eigenvalue weighted by Crippen LogP contribution is -2.43. The molecule has 0 atom stereocenters. The number of nitro benzene ring substituents is 1. The fraction of sp³-hybridized carbons (Fsp3) is 0.190. The van der Waals surface area contributed by atoms with Gasteiger partial charge in [0.1, 0.15) is 5.54 Å². The second-order valence-corrected chi connectivity index (χ2v) is 7.33. The first-order chi connectivity index (χ1) is 13.8. The molecule has 1 fully saturated rings. The Morgan fingerprint density at radius 2 is 1.72 bits per heavy atom. The van der Waals surface area contributed by atoms with Gasteiger partial charge in [0.25, 0.3) is 11.6 Å². The minimum Gasteiger partial charge on any atom is -0.305 e. The van der Waals surface area contributed by atoms with Gasteiger partial charge >= 0.3 is 6.03 Å². The van der Waals surface area contributed by atoms with E-state index in [1.807, 2.05) is 30.3 Å². The number of fused-ring (bicyclic) bond motifs is 1. The van der Waals surface area contributed by atoms with Gasteiger partial charge in [-0.05, 0) is 43.7 Å². The first kappa shape index (κ1) is 18.5. The van der Waals surface area contributed by atoms with E-state index in [1.165, 1.54) is 29.2 Å². The van der Waals surface area contributed by atoms with Crippen LogP contribution < -0.4 is 4.90 Å². The number of non-ortho nitro benzene ring substituents is 1. The van der Waals surface area contributed by atoms with Gasteiger partial charge < -0.3 is 4.90 Å². The molecule has 0 saturated carbocycles. The Bertz CT molecular complexity index is 1140. The maximum Gasteiger partial charge on any atom is 0.332 e. The highest BCUT2D eigenvalue weighted by molar-refractivity contribution is 6.23. The largest absolute Gasteiger partial charge is 0.332 e. The SMILES string of the molecule is CC1(C)C(=O)N(c2ccc([N+](=O)[O-])cc2)C(=O)N1Cc1ccnc2ccccc12. The molecule has 0 unspecified atom stereocenters. The molecule has 4 rings (SSSR count). The van der Waals surface area contributed by atoms with Crippen LogP contribution >= 0.6 is 0 Å². The number of pyridine rings is 1. The third-order valence-corrected chi connectivity index (χ3v) is 5.21. The third kappa shape index (κ3) is 2.98. The number of para-hydroxylation sites is 1. The lowest BCUT2D eigenvalue weighted by atomic mass is 10.0. The van der Waals surface area contributed by atoms with E-state index in [4.69, 9.17) is 0 Å². The second-order valence-electron chi connectivity index (χ2n) is 7.33. The molecule has 2 heterocycles. The van der Waals surface area contributed by atoms with Crippen molar-refractivity contribution in [1.82, 2.24) is 9.88 Å². The third-order valence-electron chi connectivity index (χ3n) is 5.21.